The van der Waals surface area contributed by atoms with Gasteiger partial charge in [0.15, 0.2) is 0 Å². The topological polar surface area (TPSA) is 53.9 Å². The molecule has 0 saturated carbocycles. The van der Waals surface area contributed by atoms with Crippen LogP contribution in [0.25, 0.3) is 10.9 Å². The Balaban J connectivity index is 1.32. The number of nitrogens with one attached hydrogen (secondary N) is 1. The average Bonchev–Trinajstić information content (AvgIpc) is 3.28. The van der Waals surface area contributed by atoms with Gasteiger partial charge in [0, 0.05) is 62.0 Å². The standard InChI is InChI=1S/C21H26N4O/c1-24-13-11-22-21(24)17-7-5-12-25(15-17)20(26)10-4-6-16-14-23-19-9-3-2-8-18(16)19/h2-3,8-9,11,13-14,17,23H,4-7,10,12,15H2,1H3/t17-/m0/s1. The van der Waals surface area contributed by atoms with Crippen LogP contribution in [0.4, 0.5) is 0 Å². The van der Waals surface area contributed by atoms with Crippen LogP contribution >= 0.6 is 0 Å². The Labute approximate surface area is 154 Å². The number of piperidine rings is 1. The molecule has 3 aromatic rings. The van der Waals surface area contributed by atoms with E-state index in [0.717, 1.165) is 44.6 Å². The highest BCUT2D eigenvalue weighted by Crippen LogP contribution is 2.26. The van der Waals surface area contributed by atoms with Crippen molar-refractivity contribution in [2.45, 2.75) is 38.0 Å². The Kier molecular flexibility index (Phi) is 4.78. The minimum Gasteiger partial charge on any atom is -0.361 e. The lowest BCUT2D eigenvalue weighted by Crippen LogP contribution is -2.39. The normalized spacial score (nSPS) is 17.7. The maximum atomic E-state index is 12.7. The number of aryl methyl sites for hydroxylation is 2. The third-order valence-corrected chi connectivity index (χ3v) is 5.51. The van der Waals surface area contributed by atoms with Crippen LogP contribution in [0.15, 0.2) is 42.9 Å². The first-order chi connectivity index (χ1) is 12.7. The molecule has 4 rings (SSSR count). The first kappa shape index (κ1) is 16.9. The number of H-pyrrole nitrogens is 1. The van der Waals surface area contributed by atoms with E-state index in [1.807, 2.05) is 30.4 Å². The molecule has 0 spiro atoms. The summed E-state index contributed by atoms with van der Waals surface area (Å²) < 4.78 is 2.08. The van der Waals surface area contributed by atoms with Crippen molar-refractivity contribution < 1.29 is 4.79 Å². The van der Waals surface area contributed by atoms with E-state index in [0.29, 0.717) is 12.3 Å². The summed E-state index contributed by atoms with van der Waals surface area (Å²) in [4.78, 5) is 22.5. The summed E-state index contributed by atoms with van der Waals surface area (Å²) in [7, 11) is 2.03. The first-order valence-electron chi connectivity index (χ1n) is 9.52. The molecule has 5 heteroatoms. The van der Waals surface area contributed by atoms with Crippen LogP contribution in [0.1, 0.15) is 43.0 Å². The van der Waals surface area contributed by atoms with Crippen molar-refractivity contribution >= 4 is 16.8 Å². The predicted molar refractivity (Wildman–Crippen MR) is 103 cm³/mol. The lowest BCUT2D eigenvalue weighted by molar-refractivity contribution is -0.132. The number of likely N-dealkylation sites (tertiary alicyclic amines) is 1. The molecule has 1 atom stereocenters. The Morgan fingerprint density at radius 2 is 2.23 bits per heavy atom. The van der Waals surface area contributed by atoms with Crippen LogP contribution in [0.3, 0.4) is 0 Å². The van der Waals surface area contributed by atoms with Crippen LogP contribution in [-0.2, 0) is 18.3 Å². The van der Waals surface area contributed by atoms with E-state index in [1.165, 1.54) is 16.5 Å². The van der Waals surface area contributed by atoms with Crippen LogP contribution in [-0.4, -0.2) is 38.4 Å². The number of hydrogen-bond donors (Lipinski definition) is 1. The van der Waals surface area contributed by atoms with E-state index < -0.39 is 0 Å². The summed E-state index contributed by atoms with van der Waals surface area (Å²) >= 11 is 0. The van der Waals surface area contributed by atoms with Gasteiger partial charge in [-0.1, -0.05) is 18.2 Å². The van der Waals surface area contributed by atoms with Gasteiger partial charge in [-0.25, -0.2) is 4.98 Å². The van der Waals surface area contributed by atoms with Gasteiger partial charge in [-0.3, -0.25) is 4.79 Å². The molecule has 136 valence electrons. The van der Waals surface area contributed by atoms with E-state index in [4.69, 9.17) is 0 Å². The number of aromatic amines is 1. The Morgan fingerprint density at radius 1 is 1.35 bits per heavy atom. The highest BCUT2D eigenvalue weighted by Gasteiger charge is 2.26. The van der Waals surface area contributed by atoms with Gasteiger partial charge in [-0.2, -0.15) is 0 Å². The molecule has 0 bridgehead atoms. The second-order valence-corrected chi connectivity index (χ2v) is 7.29. The second-order valence-electron chi connectivity index (χ2n) is 7.29. The first-order valence-corrected chi connectivity index (χ1v) is 9.52. The minimum atomic E-state index is 0.281. The van der Waals surface area contributed by atoms with Crippen molar-refractivity contribution in [2.75, 3.05) is 13.1 Å². The van der Waals surface area contributed by atoms with Gasteiger partial charge in [0.05, 0.1) is 0 Å². The lowest BCUT2D eigenvalue weighted by atomic mass is 9.96. The maximum absolute atomic E-state index is 12.7. The van der Waals surface area contributed by atoms with E-state index >= 15 is 0 Å². The summed E-state index contributed by atoms with van der Waals surface area (Å²) in [5.41, 5.74) is 2.47. The third kappa shape index (κ3) is 3.39. The number of carbonyl (C=O) groups is 1. The van der Waals surface area contributed by atoms with Crippen molar-refractivity contribution in [1.29, 1.82) is 0 Å². The summed E-state index contributed by atoms with van der Waals surface area (Å²) in [5.74, 6) is 1.74. The molecule has 1 fully saturated rings. The molecule has 3 heterocycles. The molecule has 2 aromatic heterocycles. The number of rotatable bonds is 5. The molecule has 1 aliphatic heterocycles. The molecular formula is C21H26N4O. The van der Waals surface area contributed by atoms with Crippen molar-refractivity contribution in [3.05, 3.63) is 54.2 Å². The number of para-hydroxylation sites is 1. The van der Waals surface area contributed by atoms with Crippen LogP contribution < -0.4 is 0 Å². The summed E-state index contributed by atoms with van der Waals surface area (Å²) in [6, 6.07) is 8.34. The smallest absolute Gasteiger partial charge is 0.222 e. The molecule has 5 nitrogen and oxygen atoms in total. The number of aromatic nitrogens is 3. The summed E-state index contributed by atoms with van der Waals surface area (Å²) in [6.45, 7) is 1.68. The number of hydrogen-bond acceptors (Lipinski definition) is 2. The van der Waals surface area contributed by atoms with Gasteiger partial charge in [-0.05, 0) is 37.3 Å². The maximum Gasteiger partial charge on any atom is 0.222 e. The van der Waals surface area contributed by atoms with Crippen LogP contribution in [0.5, 0.6) is 0 Å². The van der Waals surface area contributed by atoms with Gasteiger partial charge in [0.1, 0.15) is 5.82 Å². The van der Waals surface area contributed by atoms with Crippen molar-refractivity contribution in [2.24, 2.45) is 7.05 Å². The fraction of sp³-hybridized carbons (Fsp3) is 0.429. The number of nitrogens with zero attached hydrogens (tertiary/aromatic N) is 3. The minimum absolute atomic E-state index is 0.281. The van der Waals surface area contributed by atoms with Crippen molar-refractivity contribution in [3.63, 3.8) is 0 Å². The zero-order valence-corrected chi connectivity index (χ0v) is 15.3. The fourth-order valence-corrected chi connectivity index (χ4v) is 4.11. The Hall–Kier alpha value is -2.56. The lowest BCUT2D eigenvalue weighted by Gasteiger charge is -2.32. The van der Waals surface area contributed by atoms with Gasteiger partial charge < -0.3 is 14.5 Å². The number of fused-ring (bicyclic) bond motifs is 1. The van der Waals surface area contributed by atoms with Crippen molar-refractivity contribution in [3.8, 4) is 0 Å². The van der Waals surface area contributed by atoms with E-state index in [-0.39, 0.29) is 5.91 Å². The molecule has 1 saturated heterocycles. The molecule has 1 aromatic carbocycles. The second kappa shape index (κ2) is 7.36. The Bertz CT molecular complexity index is 894. The quantitative estimate of drug-likeness (QED) is 0.764. The largest absolute Gasteiger partial charge is 0.361 e. The van der Waals surface area contributed by atoms with E-state index in [9.17, 15) is 4.79 Å². The van der Waals surface area contributed by atoms with Crippen molar-refractivity contribution in [1.82, 2.24) is 19.4 Å². The number of amides is 1. The zero-order valence-electron chi connectivity index (χ0n) is 15.3. The molecule has 1 N–H and O–H groups in total. The third-order valence-electron chi connectivity index (χ3n) is 5.51. The molecule has 1 aliphatic rings. The van der Waals surface area contributed by atoms with Crippen LogP contribution in [0, 0.1) is 0 Å². The Morgan fingerprint density at radius 3 is 3.08 bits per heavy atom. The average molecular weight is 350 g/mol. The highest BCUT2D eigenvalue weighted by atomic mass is 16.2. The molecule has 0 aliphatic carbocycles. The number of imidazole rings is 1. The highest BCUT2D eigenvalue weighted by molar-refractivity contribution is 5.83. The monoisotopic (exact) mass is 350 g/mol. The summed E-state index contributed by atoms with van der Waals surface area (Å²) in [5, 5.41) is 1.27. The van der Waals surface area contributed by atoms with Crippen LogP contribution in [0.2, 0.25) is 0 Å². The predicted octanol–water partition coefficient (Wildman–Crippen LogP) is 3.63. The zero-order chi connectivity index (χ0) is 17.9. The SMILES string of the molecule is Cn1ccnc1[C@H]1CCCN(C(=O)CCCc2c[nH]c3ccccc23)C1. The number of benzene rings is 1. The van der Waals surface area contributed by atoms with Gasteiger partial charge >= 0.3 is 0 Å². The molecule has 0 radical (unpaired) electrons. The molecule has 0 unspecified atom stereocenters. The van der Waals surface area contributed by atoms with E-state index in [2.05, 4.69) is 38.9 Å². The summed E-state index contributed by atoms with van der Waals surface area (Å²) in [6.07, 6.45) is 10.5. The fourth-order valence-electron chi connectivity index (χ4n) is 4.11. The van der Waals surface area contributed by atoms with Gasteiger partial charge in [0.25, 0.3) is 0 Å². The van der Waals surface area contributed by atoms with Gasteiger partial charge in [-0.15, -0.1) is 0 Å². The number of carbonyl (C=O) groups excluding carboxylic acids is 1. The molecular weight excluding hydrogens is 324 g/mol. The molecule has 26 heavy (non-hydrogen) atoms. The molecule has 1 amide bonds. The van der Waals surface area contributed by atoms with Gasteiger partial charge in [0.2, 0.25) is 5.91 Å². The van der Waals surface area contributed by atoms with E-state index in [1.54, 1.807) is 0 Å².